The molecule has 1 aliphatic heterocycles. The summed E-state index contributed by atoms with van der Waals surface area (Å²) in [5.74, 6) is 0.924. The fourth-order valence-electron chi connectivity index (χ4n) is 4.38. The predicted molar refractivity (Wildman–Crippen MR) is 133 cm³/mol. The number of amides is 1. The number of H-pyrrole nitrogens is 1. The molecule has 1 amide bonds. The van der Waals surface area contributed by atoms with Gasteiger partial charge in [-0.05, 0) is 44.7 Å². The zero-order valence-electron chi connectivity index (χ0n) is 19.9. The number of carbonyl (C=O) groups excluding carboxylic acids is 1. The Kier molecular flexibility index (Phi) is 7.33. The van der Waals surface area contributed by atoms with Gasteiger partial charge in [0.15, 0.2) is 5.13 Å². The van der Waals surface area contributed by atoms with Crippen LogP contribution >= 0.6 is 11.3 Å². The normalized spacial score (nSPS) is 14.6. The highest BCUT2D eigenvalue weighted by molar-refractivity contribution is 7.17. The zero-order chi connectivity index (χ0) is 23.4. The average molecular weight is 468 g/mol. The summed E-state index contributed by atoms with van der Waals surface area (Å²) >= 11 is 1.45. The molecule has 0 bridgehead atoms. The first-order valence-corrected chi connectivity index (χ1v) is 12.6. The highest BCUT2D eigenvalue weighted by Gasteiger charge is 2.25. The third-order valence-corrected chi connectivity index (χ3v) is 7.32. The monoisotopic (exact) mass is 467 g/mol. The van der Waals surface area contributed by atoms with Gasteiger partial charge in [-0.1, -0.05) is 48.4 Å². The second-order valence-corrected chi connectivity index (χ2v) is 9.73. The molecule has 4 rings (SSSR count). The summed E-state index contributed by atoms with van der Waals surface area (Å²) in [4.78, 5) is 23.9. The molecule has 1 aliphatic rings. The van der Waals surface area contributed by atoms with Gasteiger partial charge in [-0.3, -0.25) is 4.79 Å². The third-order valence-electron chi connectivity index (χ3n) is 6.27. The van der Waals surface area contributed by atoms with E-state index >= 15 is 0 Å². The van der Waals surface area contributed by atoms with Gasteiger partial charge in [0.2, 0.25) is 0 Å². The van der Waals surface area contributed by atoms with E-state index in [1.807, 2.05) is 13.8 Å². The maximum Gasteiger partial charge on any atom is 0.263 e. The quantitative estimate of drug-likeness (QED) is 0.451. The van der Waals surface area contributed by atoms with Crippen LogP contribution in [-0.2, 0) is 19.4 Å². The van der Waals surface area contributed by atoms with Crippen LogP contribution < -0.4 is 10.2 Å². The number of carbonyl (C=O) groups is 1. The number of allylic oxidation sites excluding steroid dienone is 1. The van der Waals surface area contributed by atoms with E-state index < -0.39 is 0 Å². The van der Waals surface area contributed by atoms with Crippen molar-refractivity contribution in [1.82, 2.24) is 20.4 Å². The molecular formula is C25H33N5O2S. The van der Waals surface area contributed by atoms with E-state index in [-0.39, 0.29) is 11.9 Å². The molecule has 4 heterocycles. The van der Waals surface area contributed by atoms with Gasteiger partial charge in [0.25, 0.3) is 5.91 Å². The standard InChI is InChI=1S/C25H33N5O2S/c1-5-7-9-19(12-18-13-26-16(3)20(18)8-6-2)28-24(31)23-14-27-25(33-23)30-11-10-22-21(15-30)17(4)29-32-22/h6,8,13-14,19,26H,5,7,9-12,15H2,1-4H3,(H,28,31)/b8-6-. The fourth-order valence-corrected chi connectivity index (χ4v) is 5.22. The fraction of sp³-hybridized carbons (Fsp3) is 0.480. The molecule has 3 aromatic heterocycles. The Hall–Kier alpha value is -2.87. The molecule has 2 N–H and O–H groups in total. The minimum atomic E-state index is -0.0430. The summed E-state index contributed by atoms with van der Waals surface area (Å²) < 4.78 is 5.40. The topological polar surface area (TPSA) is 87.1 Å². The van der Waals surface area contributed by atoms with Gasteiger partial charge in [0, 0.05) is 36.5 Å². The number of aromatic amines is 1. The van der Waals surface area contributed by atoms with Crippen LogP contribution in [0.5, 0.6) is 0 Å². The van der Waals surface area contributed by atoms with Crippen LogP contribution in [0, 0.1) is 13.8 Å². The Morgan fingerprint density at radius 2 is 2.27 bits per heavy atom. The van der Waals surface area contributed by atoms with Crippen molar-refractivity contribution in [2.24, 2.45) is 0 Å². The number of hydrogen-bond donors (Lipinski definition) is 2. The molecule has 0 aliphatic carbocycles. The molecular weight excluding hydrogens is 434 g/mol. The third kappa shape index (κ3) is 5.21. The second-order valence-electron chi connectivity index (χ2n) is 8.72. The molecule has 1 atom stereocenters. The van der Waals surface area contributed by atoms with Crippen LogP contribution in [0.15, 0.2) is 23.0 Å². The summed E-state index contributed by atoms with van der Waals surface area (Å²) in [5, 5.41) is 8.23. The van der Waals surface area contributed by atoms with E-state index in [4.69, 9.17) is 4.52 Å². The van der Waals surface area contributed by atoms with Crippen molar-refractivity contribution in [3.8, 4) is 0 Å². The van der Waals surface area contributed by atoms with E-state index in [2.05, 4.69) is 57.5 Å². The van der Waals surface area contributed by atoms with Gasteiger partial charge in [-0.2, -0.15) is 0 Å². The van der Waals surface area contributed by atoms with Crippen molar-refractivity contribution >= 4 is 28.5 Å². The molecule has 7 nitrogen and oxygen atoms in total. The molecule has 0 spiro atoms. The molecule has 0 saturated heterocycles. The summed E-state index contributed by atoms with van der Waals surface area (Å²) in [6, 6.07) is 0.0828. The second kappa shape index (κ2) is 10.4. The summed E-state index contributed by atoms with van der Waals surface area (Å²) in [6.45, 7) is 9.80. The zero-order valence-corrected chi connectivity index (χ0v) is 20.7. The number of thiazole rings is 1. The molecule has 1 unspecified atom stereocenters. The molecule has 8 heteroatoms. The van der Waals surface area contributed by atoms with Gasteiger partial charge in [-0.15, -0.1) is 0 Å². The van der Waals surface area contributed by atoms with Crippen LogP contribution in [0.25, 0.3) is 6.08 Å². The first-order chi connectivity index (χ1) is 16.0. The summed E-state index contributed by atoms with van der Waals surface area (Å²) in [5.41, 5.74) is 5.69. The van der Waals surface area contributed by atoms with Gasteiger partial charge in [0.05, 0.1) is 18.4 Å². The molecule has 3 aromatic rings. The number of anilines is 1. The molecule has 176 valence electrons. The Morgan fingerprint density at radius 3 is 3.06 bits per heavy atom. The Morgan fingerprint density at radius 1 is 1.42 bits per heavy atom. The Balaban J connectivity index is 1.44. The highest BCUT2D eigenvalue weighted by Crippen LogP contribution is 2.29. The first-order valence-electron chi connectivity index (χ1n) is 11.7. The Labute approximate surface area is 199 Å². The number of nitrogens with one attached hydrogen (secondary N) is 2. The van der Waals surface area contributed by atoms with Crippen LogP contribution in [0.3, 0.4) is 0 Å². The molecule has 0 radical (unpaired) electrons. The van der Waals surface area contributed by atoms with Gasteiger partial charge >= 0.3 is 0 Å². The molecule has 33 heavy (non-hydrogen) atoms. The number of fused-ring (bicyclic) bond motifs is 1. The van der Waals surface area contributed by atoms with Crippen molar-refractivity contribution in [2.75, 3.05) is 11.4 Å². The number of aryl methyl sites for hydroxylation is 2. The summed E-state index contributed by atoms with van der Waals surface area (Å²) in [7, 11) is 0. The molecule has 0 fully saturated rings. The number of nitrogens with zero attached hydrogens (tertiary/aromatic N) is 3. The SMILES string of the molecule is C/C=C\c1c(CC(CCCC)NC(=O)c2cnc(N3CCc4onc(C)c4C3)s2)c[nH]c1C. The Bertz CT molecular complexity index is 1130. The lowest BCUT2D eigenvalue weighted by Gasteiger charge is -2.25. The number of rotatable bonds is 9. The molecule has 0 saturated carbocycles. The van der Waals surface area contributed by atoms with E-state index in [1.165, 1.54) is 22.5 Å². The minimum Gasteiger partial charge on any atom is -0.364 e. The van der Waals surface area contributed by atoms with Gasteiger partial charge in [-0.25, -0.2) is 4.98 Å². The van der Waals surface area contributed by atoms with E-state index in [1.54, 1.807) is 6.20 Å². The largest absolute Gasteiger partial charge is 0.364 e. The maximum absolute atomic E-state index is 13.1. The lowest BCUT2D eigenvalue weighted by molar-refractivity contribution is 0.0938. The highest BCUT2D eigenvalue weighted by atomic mass is 32.1. The maximum atomic E-state index is 13.1. The lowest BCUT2D eigenvalue weighted by Crippen LogP contribution is -2.36. The number of unbranched alkanes of at least 4 members (excludes halogenated alkanes) is 1. The minimum absolute atomic E-state index is 0.0430. The van der Waals surface area contributed by atoms with Crippen LogP contribution in [-0.4, -0.2) is 33.6 Å². The van der Waals surface area contributed by atoms with Gasteiger partial charge < -0.3 is 19.7 Å². The van der Waals surface area contributed by atoms with Crippen molar-refractivity contribution in [2.45, 2.75) is 72.4 Å². The van der Waals surface area contributed by atoms with E-state index in [9.17, 15) is 4.79 Å². The van der Waals surface area contributed by atoms with Crippen LogP contribution in [0.4, 0.5) is 5.13 Å². The van der Waals surface area contributed by atoms with Crippen molar-refractivity contribution in [1.29, 1.82) is 0 Å². The molecule has 0 aromatic carbocycles. The van der Waals surface area contributed by atoms with Crippen LogP contribution in [0.2, 0.25) is 0 Å². The van der Waals surface area contributed by atoms with Crippen molar-refractivity contribution < 1.29 is 9.32 Å². The smallest absolute Gasteiger partial charge is 0.263 e. The van der Waals surface area contributed by atoms with E-state index in [0.717, 1.165) is 73.0 Å². The number of aromatic nitrogens is 3. The lowest BCUT2D eigenvalue weighted by atomic mass is 9.99. The number of hydrogen-bond acceptors (Lipinski definition) is 6. The van der Waals surface area contributed by atoms with Crippen molar-refractivity contribution in [3.63, 3.8) is 0 Å². The van der Waals surface area contributed by atoms with Crippen LogP contribution in [0.1, 0.15) is 76.6 Å². The summed E-state index contributed by atoms with van der Waals surface area (Å²) in [6.07, 6.45) is 12.7. The van der Waals surface area contributed by atoms with Gasteiger partial charge in [0.1, 0.15) is 10.6 Å². The predicted octanol–water partition coefficient (Wildman–Crippen LogP) is 5.20. The van der Waals surface area contributed by atoms with E-state index in [0.29, 0.717) is 4.88 Å². The average Bonchev–Trinajstić information content (AvgIpc) is 3.53. The van der Waals surface area contributed by atoms with Crippen molar-refractivity contribution in [3.05, 3.63) is 57.2 Å². The first kappa shape index (κ1) is 23.3.